The van der Waals surface area contributed by atoms with Crippen molar-refractivity contribution in [2.24, 2.45) is 0 Å². The summed E-state index contributed by atoms with van der Waals surface area (Å²) in [6, 6.07) is 11.7. The number of aromatic nitrogens is 2. The number of amides is 2. The van der Waals surface area contributed by atoms with Crippen LogP contribution in [0.5, 0.6) is 0 Å². The van der Waals surface area contributed by atoms with Gasteiger partial charge in [-0.2, -0.15) is 0 Å². The molecule has 0 saturated carbocycles. The minimum atomic E-state index is -0.162. The molecule has 2 aliphatic rings. The summed E-state index contributed by atoms with van der Waals surface area (Å²) in [4.78, 5) is 35.5. The third-order valence-electron chi connectivity index (χ3n) is 5.82. The largest absolute Gasteiger partial charge is 0.352 e. The zero-order chi connectivity index (χ0) is 21.4. The molecule has 2 N–H and O–H groups in total. The van der Waals surface area contributed by atoms with E-state index in [9.17, 15) is 9.59 Å². The van der Waals surface area contributed by atoms with Gasteiger partial charge in [-0.3, -0.25) is 14.6 Å². The Morgan fingerprint density at radius 3 is 2.97 bits per heavy atom. The first kappa shape index (κ1) is 19.2. The number of hydrogen-bond donors (Lipinski definition) is 2. The van der Waals surface area contributed by atoms with E-state index in [1.807, 2.05) is 43.5 Å². The van der Waals surface area contributed by atoms with Gasteiger partial charge in [0.2, 0.25) is 5.91 Å². The van der Waals surface area contributed by atoms with Gasteiger partial charge in [-0.05, 0) is 47.4 Å². The zero-order valence-electron chi connectivity index (χ0n) is 17.3. The van der Waals surface area contributed by atoms with Crippen LogP contribution in [0.4, 0.5) is 11.5 Å². The Hall–Kier alpha value is -3.74. The first-order valence-electron chi connectivity index (χ1n) is 10.4. The number of nitrogens with one attached hydrogen (secondary N) is 2. The summed E-state index contributed by atoms with van der Waals surface area (Å²) in [5.41, 5.74) is 6.68. The molecule has 0 saturated heterocycles. The number of aryl methyl sites for hydroxylation is 1. The number of fused-ring (bicyclic) bond motifs is 2. The van der Waals surface area contributed by atoms with E-state index >= 15 is 0 Å². The normalized spacial score (nSPS) is 14.6. The lowest BCUT2D eigenvalue weighted by Crippen LogP contribution is -2.32. The Labute approximate surface area is 180 Å². The van der Waals surface area contributed by atoms with Crippen molar-refractivity contribution in [3.05, 3.63) is 82.3 Å². The van der Waals surface area contributed by atoms with E-state index in [1.165, 1.54) is 5.56 Å². The Bertz CT molecular complexity index is 1190. The second-order valence-electron chi connectivity index (χ2n) is 8.04. The molecule has 3 aromatic rings. The highest BCUT2D eigenvalue weighted by Gasteiger charge is 2.21. The van der Waals surface area contributed by atoms with Gasteiger partial charge in [-0.15, -0.1) is 0 Å². The molecule has 0 spiro atoms. The number of rotatable bonds is 4. The fourth-order valence-electron chi connectivity index (χ4n) is 4.25. The van der Waals surface area contributed by atoms with Crippen molar-refractivity contribution < 1.29 is 9.59 Å². The Balaban J connectivity index is 1.25. The van der Waals surface area contributed by atoms with Crippen molar-refractivity contribution in [3.8, 4) is 0 Å². The molecule has 0 fully saturated rings. The quantitative estimate of drug-likeness (QED) is 0.687. The molecule has 0 atom stereocenters. The first-order chi connectivity index (χ1) is 15.1. The van der Waals surface area contributed by atoms with Crippen LogP contribution in [0, 0.1) is 6.92 Å². The fraction of sp³-hybridized carbons (Fsp3) is 0.250. The highest BCUT2D eigenvalue weighted by molar-refractivity contribution is 5.99. The third-order valence-corrected chi connectivity index (χ3v) is 5.82. The summed E-state index contributed by atoms with van der Waals surface area (Å²) < 4.78 is 0. The van der Waals surface area contributed by atoms with Gasteiger partial charge in [0, 0.05) is 49.8 Å². The standard InChI is InChI=1S/C24H23N5O2/c1-15-9-19(13-26-23(15)29-8-6-20-17(14-29)3-2-7-25-20)24(31)27-12-16-4-5-21-18(10-16)11-22(30)28-21/h2-5,7,9-10,13H,6,8,11-12,14H2,1H3,(H,27,31)(H,28,30). The average molecular weight is 413 g/mol. The molecule has 2 aliphatic heterocycles. The Morgan fingerprint density at radius 2 is 2.10 bits per heavy atom. The average Bonchev–Trinajstić information content (AvgIpc) is 3.16. The number of carbonyl (C=O) groups is 2. The number of pyridine rings is 2. The van der Waals surface area contributed by atoms with Crippen LogP contribution in [-0.2, 0) is 30.7 Å². The molecule has 2 amide bonds. The summed E-state index contributed by atoms with van der Waals surface area (Å²) in [5, 5.41) is 5.77. The number of anilines is 2. The van der Waals surface area contributed by atoms with Crippen molar-refractivity contribution in [2.75, 3.05) is 16.8 Å². The first-order valence-corrected chi connectivity index (χ1v) is 10.4. The van der Waals surface area contributed by atoms with Crippen LogP contribution in [0.25, 0.3) is 0 Å². The molecule has 2 aromatic heterocycles. The van der Waals surface area contributed by atoms with Crippen LogP contribution in [0.2, 0.25) is 0 Å². The highest BCUT2D eigenvalue weighted by Crippen LogP contribution is 2.26. The van der Waals surface area contributed by atoms with E-state index in [2.05, 4.69) is 31.6 Å². The topological polar surface area (TPSA) is 87.2 Å². The Kier molecular flexibility index (Phi) is 4.86. The van der Waals surface area contributed by atoms with Gasteiger partial charge in [0.1, 0.15) is 5.82 Å². The van der Waals surface area contributed by atoms with Crippen molar-refractivity contribution in [2.45, 2.75) is 32.9 Å². The molecular weight excluding hydrogens is 390 g/mol. The molecule has 0 unspecified atom stereocenters. The summed E-state index contributed by atoms with van der Waals surface area (Å²) >= 11 is 0. The maximum absolute atomic E-state index is 12.7. The zero-order valence-corrected chi connectivity index (χ0v) is 17.3. The predicted molar refractivity (Wildman–Crippen MR) is 118 cm³/mol. The van der Waals surface area contributed by atoms with Gasteiger partial charge in [0.25, 0.3) is 5.91 Å². The minimum absolute atomic E-state index is 0.00582. The number of nitrogens with zero attached hydrogens (tertiary/aromatic N) is 3. The van der Waals surface area contributed by atoms with Crippen LogP contribution in [-0.4, -0.2) is 28.3 Å². The molecule has 0 aliphatic carbocycles. The predicted octanol–water partition coefficient (Wildman–Crippen LogP) is 2.77. The third kappa shape index (κ3) is 3.86. The van der Waals surface area contributed by atoms with Crippen LogP contribution < -0.4 is 15.5 Å². The molecule has 7 heteroatoms. The Morgan fingerprint density at radius 1 is 1.19 bits per heavy atom. The van der Waals surface area contributed by atoms with E-state index < -0.39 is 0 Å². The molecule has 0 bridgehead atoms. The summed E-state index contributed by atoms with van der Waals surface area (Å²) in [6.07, 6.45) is 4.76. The molecule has 5 rings (SSSR count). The van der Waals surface area contributed by atoms with Crippen LogP contribution in [0.15, 0.2) is 48.8 Å². The van der Waals surface area contributed by atoms with Crippen molar-refractivity contribution >= 4 is 23.3 Å². The number of hydrogen-bond acceptors (Lipinski definition) is 5. The molecule has 0 radical (unpaired) electrons. The van der Waals surface area contributed by atoms with E-state index in [0.717, 1.165) is 53.4 Å². The smallest absolute Gasteiger partial charge is 0.253 e. The molecular formula is C24H23N5O2. The maximum Gasteiger partial charge on any atom is 0.253 e. The lowest BCUT2D eigenvalue weighted by atomic mass is 10.0. The summed E-state index contributed by atoms with van der Waals surface area (Å²) in [6.45, 7) is 4.02. The van der Waals surface area contributed by atoms with Gasteiger partial charge >= 0.3 is 0 Å². The monoisotopic (exact) mass is 413 g/mol. The van der Waals surface area contributed by atoms with Gasteiger partial charge in [-0.1, -0.05) is 18.2 Å². The second-order valence-corrected chi connectivity index (χ2v) is 8.04. The highest BCUT2D eigenvalue weighted by atomic mass is 16.2. The van der Waals surface area contributed by atoms with Crippen molar-refractivity contribution in [1.82, 2.24) is 15.3 Å². The van der Waals surface area contributed by atoms with E-state index in [-0.39, 0.29) is 11.8 Å². The van der Waals surface area contributed by atoms with Gasteiger partial charge in [0.15, 0.2) is 0 Å². The molecule has 4 heterocycles. The molecule has 31 heavy (non-hydrogen) atoms. The lowest BCUT2D eigenvalue weighted by molar-refractivity contribution is -0.115. The minimum Gasteiger partial charge on any atom is -0.352 e. The van der Waals surface area contributed by atoms with Gasteiger partial charge in [0.05, 0.1) is 12.0 Å². The molecule has 7 nitrogen and oxygen atoms in total. The van der Waals surface area contributed by atoms with Gasteiger partial charge in [-0.25, -0.2) is 4.98 Å². The van der Waals surface area contributed by atoms with Gasteiger partial charge < -0.3 is 15.5 Å². The maximum atomic E-state index is 12.7. The number of carbonyl (C=O) groups excluding carboxylic acids is 2. The molecule has 156 valence electrons. The van der Waals surface area contributed by atoms with E-state index in [0.29, 0.717) is 18.5 Å². The van der Waals surface area contributed by atoms with E-state index in [4.69, 9.17) is 0 Å². The molecule has 1 aromatic carbocycles. The SMILES string of the molecule is Cc1cc(C(=O)NCc2ccc3c(c2)CC(=O)N3)cnc1N1CCc2ncccc2C1. The van der Waals surface area contributed by atoms with Crippen molar-refractivity contribution in [3.63, 3.8) is 0 Å². The summed E-state index contributed by atoms with van der Waals surface area (Å²) in [7, 11) is 0. The lowest BCUT2D eigenvalue weighted by Gasteiger charge is -2.30. The second kappa shape index (κ2) is 7.83. The van der Waals surface area contributed by atoms with Crippen molar-refractivity contribution in [1.29, 1.82) is 0 Å². The van der Waals surface area contributed by atoms with Crippen LogP contribution >= 0.6 is 0 Å². The van der Waals surface area contributed by atoms with E-state index in [1.54, 1.807) is 6.20 Å². The van der Waals surface area contributed by atoms with Crippen LogP contribution in [0.1, 0.15) is 38.3 Å². The fourth-order valence-corrected chi connectivity index (χ4v) is 4.25. The van der Waals surface area contributed by atoms with Crippen LogP contribution in [0.3, 0.4) is 0 Å². The summed E-state index contributed by atoms with van der Waals surface area (Å²) in [5.74, 6) is 0.748. The number of benzene rings is 1.